The minimum atomic E-state index is -0.278. The molecule has 1 rings (SSSR count). The number of aromatic nitrogens is 2. The van der Waals surface area contributed by atoms with Gasteiger partial charge in [0.1, 0.15) is 0 Å². The standard InChI is InChI=1S/C8H14N4O2S/c1-3-4-6(7(13)10-9)15-8-12-11-5(2)14-8/h6H,3-4,9H2,1-2H3,(H,10,13). The second kappa shape index (κ2) is 5.72. The lowest BCUT2D eigenvalue weighted by Gasteiger charge is -2.10. The van der Waals surface area contributed by atoms with Crippen LogP contribution in [-0.4, -0.2) is 21.4 Å². The number of aryl methyl sites for hydroxylation is 1. The maximum Gasteiger partial charge on any atom is 0.277 e. The molecule has 0 aliphatic rings. The molecule has 1 heterocycles. The molecule has 0 saturated carbocycles. The quantitative estimate of drug-likeness (QED) is 0.333. The number of thioether (sulfide) groups is 1. The predicted octanol–water partition coefficient (Wildman–Crippen LogP) is 0.629. The number of hydrogen-bond donors (Lipinski definition) is 2. The highest BCUT2D eigenvalue weighted by atomic mass is 32.2. The summed E-state index contributed by atoms with van der Waals surface area (Å²) >= 11 is 1.23. The number of carbonyl (C=O) groups is 1. The number of hydrogen-bond acceptors (Lipinski definition) is 6. The molecule has 1 atom stereocenters. The highest BCUT2D eigenvalue weighted by Gasteiger charge is 2.20. The Labute approximate surface area is 92.0 Å². The Morgan fingerprint density at radius 3 is 2.87 bits per heavy atom. The topological polar surface area (TPSA) is 94.0 Å². The Morgan fingerprint density at radius 1 is 1.67 bits per heavy atom. The summed E-state index contributed by atoms with van der Waals surface area (Å²) in [6.07, 6.45) is 1.60. The van der Waals surface area contributed by atoms with Crippen LogP contribution in [0.25, 0.3) is 0 Å². The molecule has 1 unspecified atom stereocenters. The molecule has 84 valence electrons. The molecule has 1 amide bonds. The van der Waals surface area contributed by atoms with Gasteiger partial charge in [0.15, 0.2) is 0 Å². The monoisotopic (exact) mass is 230 g/mol. The van der Waals surface area contributed by atoms with E-state index in [4.69, 9.17) is 10.3 Å². The zero-order valence-corrected chi connectivity index (χ0v) is 9.50. The molecule has 0 aliphatic heterocycles. The van der Waals surface area contributed by atoms with Crippen molar-refractivity contribution in [1.82, 2.24) is 15.6 Å². The number of rotatable bonds is 5. The minimum absolute atomic E-state index is 0.224. The van der Waals surface area contributed by atoms with Crippen LogP contribution in [-0.2, 0) is 4.79 Å². The lowest BCUT2D eigenvalue weighted by atomic mass is 10.2. The average Bonchev–Trinajstić information content (AvgIpc) is 2.62. The van der Waals surface area contributed by atoms with Gasteiger partial charge in [0.05, 0.1) is 5.25 Å². The summed E-state index contributed by atoms with van der Waals surface area (Å²) in [6.45, 7) is 3.70. The van der Waals surface area contributed by atoms with Crippen molar-refractivity contribution in [2.75, 3.05) is 0 Å². The van der Waals surface area contributed by atoms with E-state index < -0.39 is 0 Å². The molecule has 1 aromatic rings. The average molecular weight is 230 g/mol. The van der Waals surface area contributed by atoms with Gasteiger partial charge in [-0.05, 0) is 6.42 Å². The fraction of sp³-hybridized carbons (Fsp3) is 0.625. The van der Waals surface area contributed by atoms with E-state index in [0.29, 0.717) is 11.1 Å². The van der Waals surface area contributed by atoms with Gasteiger partial charge in [-0.2, -0.15) is 0 Å². The number of nitrogens with zero attached hydrogens (tertiary/aromatic N) is 2. The Morgan fingerprint density at radius 2 is 2.40 bits per heavy atom. The van der Waals surface area contributed by atoms with Crippen molar-refractivity contribution >= 4 is 17.7 Å². The molecule has 1 aromatic heterocycles. The molecule has 6 nitrogen and oxygen atoms in total. The van der Waals surface area contributed by atoms with Crippen LogP contribution in [0, 0.1) is 6.92 Å². The highest BCUT2D eigenvalue weighted by molar-refractivity contribution is 8.00. The van der Waals surface area contributed by atoms with E-state index in [1.54, 1.807) is 6.92 Å². The first kappa shape index (κ1) is 12.0. The van der Waals surface area contributed by atoms with Crippen LogP contribution in [0.2, 0.25) is 0 Å². The second-order valence-electron chi connectivity index (χ2n) is 2.99. The van der Waals surface area contributed by atoms with Crippen LogP contribution < -0.4 is 11.3 Å². The summed E-state index contributed by atoms with van der Waals surface area (Å²) in [6, 6.07) is 0. The molecule has 0 spiro atoms. The van der Waals surface area contributed by atoms with Gasteiger partial charge >= 0.3 is 0 Å². The summed E-state index contributed by atoms with van der Waals surface area (Å²) in [5, 5.41) is 7.61. The fourth-order valence-electron chi connectivity index (χ4n) is 1.05. The smallest absolute Gasteiger partial charge is 0.277 e. The van der Waals surface area contributed by atoms with Crippen molar-refractivity contribution in [3.8, 4) is 0 Å². The molecular formula is C8H14N4O2S. The van der Waals surface area contributed by atoms with E-state index in [0.717, 1.165) is 12.8 Å². The van der Waals surface area contributed by atoms with E-state index in [-0.39, 0.29) is 11.2 Å². The van der Waals surface area contributed by atoms with Crippen LogP contribution >= 0.6 is 11.8 Å². The Hall–Kier alpha value is -1.08. The SMILES string of the molecule is CCCC(Sc1nnc(C)o1)C(=O)NN. The Bertz CT molecular complexity index is 328. The van der Waals surface area contributed by atoms with Crippen LogP contribution in [0.5, 0.6) is 0 Å². The summed E-state index contributed by atoms with van der Waals surface area (Å²) < 4.78 is 5.17. The normalized spacial score (nSPS) is 12.5. The molecular weight excluding hydrogens is 216 g/mol. The van der Waals surface area contributed by atoms with Crippen LogP contribution in [0.15, 0.2) is 9.64 Å². The van der Waals surface area contributed by atoms with Crippen molar-refractivity contribution in [1.29, 1.82) is 0 Å². The first-order chi connectivity index (χ1) is 7.17. The Kier molecular flexibility index (Phi) is 4.57. The van der Waals surface area contributed by atoms with Crippen LogP contribution in [0.3, 0.4) is 0 Å². The number of amides is 1. The van der Waals surface area contributed by atoms with Gasteiger partial charge in [-0.1, -0.05) is 25.1 Å². The number of nitrogens with two attached hydrogens (primary N) is 1. The van der Waals surface area contributed by atoms with Crippen molar-refractivity contribution in [2.24, 2.45) is 5.84 Å². The molecule has 0 aromatic carbocycles. The largest absolute Gasteiger partial charge is 0.416 e. The molecule has 7 heteroatoms. The van der Waals surface area contributed by atoms with Crippen LogP contribution in [0.1, 0.15) is 25.7 Å². The number of nitrogens with one attached hydrogen (secondary N) is 1. The lowest BCUT2D eigenvalue weighted by Crippen LogP contribution is -2.37. The summed E-state index contributed by atoms with van der Waals surface area (Å²) in [5.41, 5.74) is 2.13. The highest BCUT2D eigenvalue weighted by Crippen LogP contribution is 2.24. The van der Waals surface area contributed by atoms with E-state index >= 15 is 0 Å². The zero-order chi connectivity index (χ0) is 11.3. The third-order valence-electron chi connectivity index (χ3n) is 1.74. The predicted molar refractivity (Wildman–Crippen MR) is 55.9 cm³/mol. The molecule has 0 fully saturated rings. The first-order valence-electron chi connectivity index (χ1n) is 4.64. The molecule has 0 aliphatic carbocycles. The minimum Gasteiger partial charge on any atom is -0.416 e. The molecule has 0 radical (unpaired) electrons. The van der Waals surface area contributed by atoms with Gasteiger partial charge < -0.3 is 4.42 Å². The van der Waals surface area contributed by atoms with Gasteiger partial charge in [-0.25, -0.2) is 5.84 Å². The summed E-state index contributed by atoms with van der Waals surface area (Å²) in [5.74, 6) is 5.35. The van der Waals surface area contributed by atoms with Crippen molar-refractivity contribution < 1.29 is 9.21 Å². The third-order valence-corrected chi connectivity index (χ3v) is 2.84. The van der Waals surface area contributed by atoms with Gasteiger partial charge in [0.2, 0.25) is 11.8 Å². The van der Waals surface area contributed by atoms with E-state index in [9.17, 15) is 4.79 Å². The third kappa shape index (κ3) is 3.52. The molecule has 15 heavy (non-hydrogen) atoms. The Balaban J connectivity index is 2.62. The summed E-state index contributed by atoms with van der Waals surface area (Å²) in [4.78, 5) is 11.4. The maximum absolute atomic E-state index is 11.4. The van der Waals surface area contributed by atoms with E-state index in [1.165, 1.54) is 11.8 Å². The number of carbonyl (C=O) groups excluding carboxylic acids is 1. The van der Waals surface area contributed by atoms with Crippen molar-refractivity contribution in [2.45, 2.75) is 37.2 Å². The molecule has 0 saturated heterocycles. The maximum atomic E-state index is 11.4. The summed E-state index contributed by atoms with van der Waals surface area (Å²) in [7, 11) is 0. The van der Waals surface area contributed by atoms with Crippen molar-refractivity contribution in [3.05, 3.63) is 5.89 Å². The van der Waals surface area contributed by atoms with Gasteiger partial charge in [0, 0.05) is 6.92 Å². The number of hydrazine groups is 1. The van der Waals surface area contributed by atoms with E-state index in [1.807, 2.05) is 6.92 Å². The fourth-order valence-corrected chi connectivity index (χ4v) is 2.08. The molecule has 0 bridgehead atoms. The van der Waals surface area contributed by atoms with Crippen molar-refractivity contribution in [3.63, 3.8) is 0 Å². The van der Waals surface area contributed by atoms with Gasteiger partial charge in [-0.3, -0.25) is 10.2 Å². The zero-order valence-electron chi connectivity index (χ0n) is 8.69. The molecule has 3 N–H and O–H groups in total. The first-order valence-corrected chi connectivity index (χ1v) is 5.52. The van der Waals surface area contributed by atoms with E-state index in [2.05, 4.69) is 15.6 Å². The second-order valence-corrected chi connectivity index (χ2v) is 4.14. The van der Waals surface area contributed by atoms with Gasteiger partial charge in [-0.15, -0.1) is 10.2 Å². The van der Waals surface area contributed by atoms with Gasteiger partial charge in [0.25, 0.3) is 5.22 Å². The van der Waals surface area contributed by atoms with Crippen LogP contribution in [0.4, 0.5) is 0 Å². The lowest BCUT2D eigenvalue weighted by molar-refractivity contribution is -0.120.